The second-order valence-corrected chi connectivity index (χ2v) is 7.76. The highest BCUT2D eigenvalue weighted by molar-refractivity contribution is 6.32. The van der Waals surface area contributed by atoms with Gasteiger partial charge in [0.05, 0.1) is 30.6 Å². The van der Waals surface area contributed by atoms with E-state index in [-0.39, 0.29) is 48.6 Å². The number of alkyl halides is 3. The summed E-state index contributed by atoms with van der Waals surface area (Å²) in [4.78, 5) is 32.1. The Bertz CT molecular complexity index is 1050. The molecule has 1 unspecified atom stereocenters. The minimum Gasteiger partial charge on any atom is -0.483 e. The van der Waals surface area contributed by atoms with Gasteiger partial charge >= 0.3 is 6.18 Å². The van der Waals surface area contributed by atoms with Crippen molar-refractivity contribution in [3.8, 4) is 5.75 Å². The second kappa shape index (κ2) is 8.01. The monoisotopic (exact) mass is 455 g/mol. The van der Waals surface area contributed by atoms with E-state index in [4.69, 9.17) is 11.6 Å². The van der Waals surface area contributed by atoms with E-state index in [2.05, 4.69) is 9.72 Å². The number of carbonyl (C=O) groups is 2. The summed E-state index contributed by atoms with van der Waals surface area (Å²) in [5.41, 5.74) is 1.61. The first-order valence-electron chi connectivity index (χ1n) is 9.36. The molecule has 2 aromatic rings. The molecule has 1 aromatic heterocycles. The molecule has 0 radical (unpaired) electrons. The summed E-state index contributed by atoms with van der Waals surface area (Å²) in [6, 6.07) is 5.88. The van der Waals surface area contributed by atoms with Crippen molar-refractivity contribution in [1.29, 1.82) is 0 Å². The molecule has 7 nitrogen and oxygen atoms in total. The van der Waals surface area contributed by atoms with Gasteiger partial charge in [0.1, 0.15) is 11.6 Å². The van der Waals surface area contributed by atoms with Gasteiger partial charge in [0.2, 0.25) is 5.91 Å². The third kappa shape index (κ3) is 4.45. The molecule has 1 fully saturated rings. The maximum absolute atomic E-state index is 12.8. The quantitative estimate of drug-likeness (QED) is 0.749. The number of aliphatic hydroxyl groups is 1. The summed E-state index contributed by atoms with van der Waals surface area (Å²) in [7, 11) is 0. The molecule has 0 aliphatic carbocycles. The molecule has 3 heterocycles. The number of anilines is 1. The maximum Gasteiger partial charge on any atom is 0.422 e. The standard InChI is InChI=1S/C20H17ClF3N3O4/c21-15-5-11(1-2-16(15)31-10-20(22,23)24)7-26-9-14-13(19(26)30)3-4-25-18(14)27-8-12(28)6-17(27)29/h1-5,12,28H,6-10H2. The van der Waals surface area contributed by atoms with Gasteiger partial charge in [-0.3, -0.25) is 14.5 Å². The Morgan fingerprint density at radius 3 is 2.68 bits per heavy atom. The number of rotatable bonds is 5. The zero-order valence-electron chi connectivity index (χ0n) is 16.0. The lowest BCUT2D eigenvalue weighted by molar-refractivity contribution is -0.153. The van der Waals surface area contributed by atoms with Gasteiger partial charge in [0, 0.05) is 23.9 Å². The smallest absolute Gasteiger partial charge is 0.422 e. The van der Waals surface area contributed by atoms with Gasteiger partial charge in [-0.1, -0.05) is 17.7 Å². The van der Waals surface area contributed by atoms with Crippen LogP contribution in [0.5, 0.6) is 5.75 Å². The number of benzene rings is 1. The molecule has 1 aromatic carbocycles. The van der Waals surface area contributed by atoms with E-state index in [0.29, 0.717) is 22.5 Å². The van der Waals surface area contributed by atoms with Crippen LogP contribution < -0.4 is 9.64 Å². The van der Waals surface area contributed by atoms with E-state index in [1.807, 2.05) is 0 Å². The van der Waals surface area contributed by atoms with Gasteiger partial charge in [-0.05, 0) is 23.8 Å². The summed E-state index contributed by atoms with van der Waals surface area (Å²) in [6.07, 6.45) is -3.81. The molecule has 2 aliphatic heterocycles. The average molecular weight is 456 g/mol. The minimum atomic E-state index is -4.48. The molecule has 0 saturated carbocycles. The van der Waals surface area contributed by atoms with Gasteiger partial charge in [0.25, 0.3) is 5.91 Å². The molecular formula is C20H17ClF3N3O4. The second-order valence-electron chi connectivity index (χ2n) is 7.35. The third-order valence-corrected chi connectivity index (χ3v) is 5.32. The van der Waals surface area contributed by atoms with Crippen LogP contribution in [0.2, 0.25) is 5.02 Å². The van der Waals surface area contributed by atoms with E-state index in [1.54, 1.807) is 6.07 Å². The van der Waals surface area contributed by atoms with Gasteiger partial charge in [-0.25, -0.2) is 4.98 Å². The predicted molar refractivity (Wildman–Crippen MR) is 104 cm³/mol. The molecular weight excluding hydrogens is 439 g/mol. The van der Waals surface area contributed by atoms with Crippen LogP contribution >= 0.6 is 11.6 Å². The first-order chi connectivity index (χ1) is 14.6. The van der Waals surface area contributed by atoms with Gasteiger partial charge in [0.15, 0.2) is 6.61 Å². The van der Waals surface area contributed by atoms with Crippen molar-refractivity contribution in [2.45, 2.75) is 31.8 Å². The normalized spacial score (nSPS) is 18.7. The van der Waals surface area contributed by atoms with Crippen molar-refractivity contribution < 1.29 is 32.6 Å². The number of hydrogen-bond donors (Lipinski definition) is 1. The fraction of sp³-hybridized carbons (Fsp3) is 0.350. The molecule has 2 aliphatic rings. The molecule has 4 rings (SSSR count). The number of aliphatic hydroxyl groups excluding tert-OH is 1. The predicted octanol–water partition coefficient (Wildman–Crippen LogP) is 2.93. The molecule has 0 spiro atoms. The molecule has 2 amide bonds. The highest BCUT2D eigenvalue weighted by Crippen LogP contribution is 2.34. The average Bonchev–Trinajstić information content (AvgIpc) is 3.19. The lowest BCUT2D eigenvalue weighted by Gasteiger charge is -2.19. The lowest BCUT2D eigenvalue weighted by Crippen LogP contribution is -2.27. The maximum atomic E-state index is 12.8. The SMILES string of the molecule is O=C1c2ccnc(N3CC(O)CC3=O)c2CN1Cc1ccc(OCC(F)(F)F)c(Cl)c1. The number of fused-ring (bicyclic) bond motifs is 1. The van der Waals surface area contributed by atoms with Crippen LogP contribution in [0.4, 0.5) is 19.0 Å². The first kappa shape index (κ1) is 21.4. The first-order valence-corrected chi connectivity index (χ1v) is 9.74. The molecule has 1 N–H and O–H groups in total. The Morgan fingerprint density at radius 1 is 1.26 bits per heavy atom. The number of carbonyl (C=O) groups excluding carboxylic acids is 2. The Labute approximate surface area is 180 Å². The number of amides is 2. The van der Waals surface area contributed by atoms with Crippen molar-refractivity contribution in [2.24, 2.45) is 0 Å². The van der Waals surface area contributed by atoms with Gasteiger partial charge in [-0.2, -0.15) is 13.2 Å². The number of ether oxygens (including phenoxy) is 1. The van der Waals surface area contributed by atoms with E-state index in [9.17, 15) is 27.9 Å². The number of nitrogens with zero attached hydrogens (tertiary/aromatic N) is 3. The summed E-state index contributed by atoms with van der Waals surface area (Å²) in [5, 5.41) is 9.76. The van der Waals surface area contributed by atoms with Gasteiger partial charge in [-0.15, -0.1) is 0 Å². The zero-order chi connectivity index (χ0) is 22.3. The fourth-order valence-electron chi connectivity index (χ4n) is 3.66. The number of β-amino-alcohol motifs (C(OH)–C–C–N with tert-alkyl or cyclic N) is 1. The van der Waals surface area contributed by atoms with Crippen LogP contribution in [0.3, 0.4) is 0 Å². The van der Waals surface area contributed by atoms with Crippen LogP contribution in [0.25, 0.3) is 0 Å². The Hall–Kier alpha value is -2.85. The van der Waals surface area contributed by atoms with E-state index < -0.39 is 18.9 Å². The van der Waals surface area contributed by atoms with Crippen molar-refractivity contribution in [2.75, 3.05) is 18.1 Å². The highest BCUT2D eigenvalue weighted by Gasteiger charge is 2.36. The van der Waals surface area contributed by atoms with Crippen LogP contribution in [-0.2, 0) is 17.9 Å². The molecule has 1 saturated heterocycles. The lowest BCUT2D eigenvalue weighted by atomic mass is 10.1. The number of halogens is 4. The Morgan fingerprint density at radius 2 is 2.03 bits per heavy atom. The minimum absolute atomic E-state index is 0.00423. The molecule has 0 bridgehead atoms. The summed E-state index contributed by atoms with van der Waals surface area (Å²) < 4.78 is 41.7. The highest BCUT2D eigenvalue weighted by atomic mass is 35.5. The molecule has 164 valence electrons. The summed E-state index contributed by atoms with van der Waals surface area (Å²) in [5.74, 6) is -0.278. The number of pyridine rings is 1. The molecule has 11 heteroatoms. The fourth-order valence-corrected chi connectivity index (χ4v) is 3.92. The van der Waals surface area contributed by atoms with E-state index >= 15 is 0 Å². The van der Waals surface area contributed by atoms with Crippen molar-refractivity contribution >= 4 is 29.2 Å². The zero-order valence-corrected chi connectivity index (χ0v) is 16.8. The van der Waals surface area contributed by atoms with Crippen molar-refractivity contribution in [3.63, 3.8) is 0 Å². The van der Waals surface area contributed by atoms with Crippen LogP contribution in [0, 0.1) is 0 Å². The topological polar surface area (TPSA) is 83.0 Å². The van der Waals surface area contributed by atoms with Crippen LogP contribution in [-0.4, -0.2) is 52.2 Å². The largest absolute Gasteiger partial charge is 0.483 e. The molecule has 31 heavy (non-hydrogen) atoms. The Kier molecular flexibility index (Phi) is 5.52. The van der Waals surface area contributed by atoms with Crippen molar-refractivity contribution in [1.82, 2.24) is 9.88 Å². The van der Waals surface area contributed by atoms with Crippen LogP contribution in [0.1, 0.15) is 27.9 Å². The van der Waals surface area contributed by atoms with Crippen LogP contribution in [0.15, 0.2) is 30.5 Å². The van der Waals surface area contributed by atoms with Gasteiger partial charge < -0.3 is 14.7 Å². The van der Waals surface area contributed by atoms with E-state index in [0.717, 1.165) is 0 Å². The number of hydrogen-bond acceptors (Lipinski definition) is 5. The summed E-state index contributed by atoms with van der Waals surface area (Å²) in [6.45, 7) is -0.985. The third-order valence-electron chi connectivity index (χ3n) is 5.02. The van der Waals surface area contributed by atoms with E-state index in [1.165, 1.54) is 34.2 Å². The Balaban J connectivity index is 1.50. The molecule has 1 atom stereocenters. The number of aromatic nitrogens is 1. The van der Waals surface area contributed by atoms with Crippen molar-refractivity contribution in [3.05, 3.63) is 52.2 Å². The summed E-state index contributed by atoms with van der Waals surface area (Å²) >= 11 is 6.04.